The van der Waals surface area contributed by atoms with Gasteiger partial charge < -0.3 is 14.6 Å². The lowest BCUT2D eigenvalue weighted by atomic mass is 10.1. The molecule has 1 rings (SSSR count). The van der Waals surface area contributed by atoms with Gasteiger partial charge in [0.05, 0.1) is 17.4 Å². The van der Waals surface area contributed by atoms with E-state index in [-0.39, 0.29) is 12.2 Å². The Hall–Kier alpha value is -2.30. The van der Waals surface area contributed by atoms with Crippen molar-refractivity contribution in [3.8, 4) is 0 Å². The van der Waals surface area contributed by atoms with Crippen LogP contribution in [0.5, 0.6) is 0 Å². The fourth-order valence-corrected chi connectivity index (χ4v) is 1.24. The average Bonchev–Trinajstić information content (AvgIpc) is 2.36. The molecule has 1 N–H and O–H groups in total. The van der Waals surface area contributed by atoms with Crippen molar-refractivity contribution in [1.29, 1.82) is 0 Å². The molecule has 1 aromatic carbocycles. The van der Waals surface area contributed by atoms with Gasteiger partial charge in [-0.15, -0.1) is 0 Å². The van der Waals surface area contributed by atoms with Gasteiger partial charge in [0.1, 0.15) is 12.7 Å². The molecule has 0 bridgehead atoms. The molecular formula is C13H14O5. The van der Waals surface area contributed by atoms with Gasteiger partial charge in [0.2, 0.25) is 0 Å². The van der Waals surface area contributed by atoms with Crippen LogP contribution in [0.1, 0.15) is 27.6 Å². The van der Waals surface area contributed by atoms with Crippen molar-refractivity contribution in [2.45, 2.75) is 13.0 Å². The topological polar surface area (TPSA) is 72.8 Å². The van der Waals surface area contributed by atoms with E-state index in [1.807, 2.05) is 0 Å². The normalized spacial score (nSPS) is 11.4. The summed E-state index contributed by atoms with van der Waals surface area (Å²) in [5, 5.41) is 8.71. The highest BCUT2D eigenvalue weighted by atomic mass is 16.6. The number of rotatable bonds is 6. The minimum absolute atomic E-state index is 0.120. The largest absolute Gasteiger partial charge is 0.498 e. The zero-order valence-corrected chi connectivity index (χ0v) is 9.96. The van der Waals surface area contributed by atoms with E-state index in [1.54, 1.807) is 6.92 Å². The van der Waals surface area contributed by atoms with E-state index >= 15 is 0 Å². The van der Waals surface area contributed by atoms with Crippen LogP contribution >= 0.6 is 0 Å². The minimum atomic E-state index is -1.04. The number of carboxylic acid groups (broad SMARTS) is 1. The molecule has 1 unspecified atom stereocenters. The van der Waals surface area contributed by atoms with Gasteiger partial charge in [0.25, 0.3) is 0 Å². The maximum Gasteiger partial charge on any atom is 0.338 e. The van der Waals surface area contributed by atoms with Crippen molar-refractivity contribution in [2.24, 2.45) is 0 Å². The summed E-state index contributed by atoms with van der Waals surface area (Å²) in [7, 11) is 0. The monoisotopic (exact) mass is 250 g/mol. The molecule has 0 heterocycles. The highest BCUT2D eigenvalue weighted by Crippen LogP contribution is 2.07. The number of carbonyl (C=O) groups is 2. The standard InChI is InChI=1S/C13H14O5/c1-3-17-8-9(2)18-13(16)11-6-4-10(5-7-11)12(14)15/h3-7,9H,1,8H2,2H3,(H,14,15). The highest BCUT2D eigenvalue weighted by molar-refractivity contribution is 5.92. The molecule has 0 radical (unpaired) electrons. The summed E-state index contributed by atoms with van der Waals surface area (Å²) in [4.78, 5) is 22.3. The predicted molar refractivity (Wildman–Crippen MR) is 64.4 cm³/mol. The van der Waals surface area contributed by atoms with E-state index in [2.05, 4.69) is 6.58 Å². The number of ether oxygens (including phenoxy) is 2. The number of hydrogen-bond acceptors (Lipinski definition) is 4. The zero-order chi connectivity index (χ0) is 13.5. The van der Waals surface area contributed by atoms with Crippen LogP contribution in [0.3, 0.4) is 0 Å². The van der Waals surface area contributed by atoms with Crippen molar-refractivity contribution >= 4 is 11.9 Å². The molecule has 96 valence electrons. The van der Waals surface area contributed by atoms with E-state index in [4.69, 9.17) is 14.6 Å². The molecule has 0 amide bonds. The summed E-state index contributed by atoms with van der Waals surface area (Å²) in [6.45, 7) is 5.29. The lowest BCUT2D eigenvalue weighted by molar-refractivity contribution is 0.0175. The van der Waals surface area contributed by atoms with Crippen molar-refractivity contribution in [2.75, 3.05) is 6.61 Å². The van der Waals surface area contributed by atoms with Crippen LogP contribution in [0, 0.1) is 0 Å². The van der Waals surface area contributed by atoms with E-state index in [9.17, 15) is 9.59 Å². The summed E-state index contributed by atoms with van der Waals surface area (Å²) >= 11 is 0. The Kier molecular flexibility index (Phi) is 4.92. The molecule has 5 nitrogen and oxygen atoms in total. The Balaban J connectivity index is 2.61. The van der Waals surface area contributed by atoms with Crippen molar-refractivity contribution in [3.63, 3.8) is 0 Å². The lowest BCUT2D eigenvalue weighted by Gasteiger charge is -2.12. The summed E-state index contributed by atoms with van der Waals surface area (Å²) in [5.41, 5.74) is 0.417. The average molecular weight is 250 g/mol. The summed E-state index contributed by atoms with van der Waals surface area (Å²) in [6.07, 6.45) is 0.862. The van der Waals surface area contributed by atoms with Gasteiger partial charge in [-0.05, 0) is 31.2 Å². The molecule has 5 heteroatoms. The highest BCUT2D eigenvalue weighted by Gasteiger charge is 2.12. The second kappa shape index (κ2) is 6.44. The Labute approximate surface area is 105 Å². The SMILES string of the molecule is C=COCC(C)OC(=O)c1ccc(C(=O)O)cc1. The zero-order valence-electron chi connectivity index (χ0n) is 9.96. The first-order valence-corrected chi connectivity index (χ1v) is 5.31. The van der Waals surface area contributed by atoms with Crippen LogP contribution in [-0.4, -0.2) is 29.8 Å². The Morgan fingerprint density at radius 3 is 2.39 bits per heavy atom. The van der Waals surface area contributed by atoms with E-state index in [0.717, 1.165) is 0 Å². The molecule has 0 aliphatic rings. The summed E-state index contributed by atoms with van der Waals surface area (Å²) < 4.78 is 9.97. The van der Waals surface area contributed by atoms with Crippen molar-refractivity contribution in [3.05, 3.63) is 48.2 Å². The van der Waals surface area contributed by atoms with Crippen molar-refractivity contribution in [1.82, 2.24) is 0 Å². The summed E-state index contributed by atoms with van der Waals surface area (Å²) in [6, 6.07) is 5.52. The Morgan fingerprint density at radius 1 is 1.33 bits per heavy atom. The van der Waals surface area contributed by atoms with Gasteiger partial charge in [-0.1, -0.05) is 6.58 Å². The van der Waals surface area contributed by atoms with Crippen LogP contribution in [0.25, 0.3) is 0 Å². The number of hydrogen-bond donors (Lipinski definition) is 1. The van der Waals surface area contributed by atoms with Crippen LogP contribution in [-0.2, 0) is 9.47 Å². The molecule has 0 aromatic heterocycles. The smallest absolute Gasteiger partial charge is 0.338 e. The number of benzene rings is 1. The van der Waals surface area contributed by atoms with Crippen LogP contribution in [0.15, 0.2) is 37.1 Å². The second-order valence-corrected chi connectivity index (χ2v) is 3.60. The number of esters is 1. The third kappa shape index (κ3) is 3.93. The maximum absolute atomic E-state index is 11.6. The molecule has 0 saturated carbocycles. The minimum Gasteiger partial charge on any atom is -0.498 e. The number of carboxylic acids is 1. The first-order chi connectivity index (χ1) is 8.54. The molecular weight excluding hydrogens is 236 g/mol. The molecule has 18 heavy (non-hydrogen) atoms. The van der Waals surface area contributed by atoms with Crippen LogP contribution in [0.4, 0.5) is 0 Å². The molecule has 0 fully saturated rings. The van der Waals surface area contributed by atoms with Gasteiger partial charge >= 0.3 is 11.9 Å². The number of carbonyl (C=O) groups excluding carboxylic acids is 1. The third-order valence-corrected chi connectivity index (χ3v) is 2.12. The van der Waals surface area contributed by atoms with Crippen LogP contribution in [0.2, 0.25) is 0 Å². The van der Waals surface area contributed by atoms with E-state index in [1.165, 1.54) is 30.5 Å². The predicted octanol–water partition coefficient (Wildman–Crippen LogP) is 2.09. The number of aromatic carboxylic acids is 1. The molecule has 0 spiro atoms. The fourth-order valence-electron chi connectivity index (χ4n) is 1.24. The first kappa shape index (κ1) is 13.8. The van der Waals surface area contributed by atoms with E-state index in [0.29, 0.717) is 5.56 Å². The molecule has 0 aliphatic carbocycles. The third-order valence-electron chi connectivity index (χ3n) is 2.12. The molecule has 1 aromatic rings. The Bertz CT molecular complexity index is 435. The van der Waals surface area contributed by atoms with Gasteiger partial charge in [0, 0.05) is 0 Å². The Morgan fingerprint density at radius 2 is 1.89 bits per heavy atom. The fraction of sp³-hybridized carbons (Fsp3) is 0.231. The quantitative estimate of drug-likeness (QED) is 0.618. The van der Waals surface area contributed by atoms with Crippen LogP contribution < -0.4 is 0 Å². The lowest BCUT2D eigenvalue weighted by Crippen LogP contribution is -2.19. The van der Waals surface area contributed by atoms with Crippen molar-refractivity contribution < 1.29 is 24.2 Å². The van der Waals surface area contributed by atoms with Gasteiger partial charge in [-0.3, -0.25) is 0 Å². The second-order valence-electron chi connectivity index (χ2n) is 3.60. The molecule has 0 saturated heterocycles. The molecule has 0 aliphatic heterocycles. The molecule has 1 atom stereocenters. The summed E-state index contributed by atoms with van der Waals surface area (Å²) in [5.74, 6) is -1.56. The maximum atomic E-state index is 11.6. The van der Waals surface area contributed by atoms with Gasteiger partial charge in [0.15, 0.2) is 0 Å². The van der Waals surface area contributed by atoms with Gasteiger partial charge in [-0.2, -0.15) is 0 Å². The first-order valence-electron chi connectivity index (χ1n) is 5.31. The van der Waals surface area contributed by atoms with Gasteiger partial charge in [-0.25, -0.2) is 9.59 Å². The van der Waals surface area contributed by atoms with E-state index < -0.39 is 18.0 Å².